The number of hydrogen-bond acceptors (Lipinski definition) is 5. The lowest BCUT2D eigenvalue weighted by atomic mass is 10.3. The first kappa shape index (κ1) is 9.59. The van der Waals surface area contributed by atoms with Gasteiger partial charge in [-0.15, -0.1) is 15.3 Å². The highest BCUT2D eigenvalue weighted by atomic mass is 16.5. The van der Waals surface area contributed by atoms with Gasteiger partial charge in [0.15, 0.2) is 5.65 Å². The summed E-state index contributed by atoms with van der Waals surface area (Å²) in [5.74, 6) is 1.39. The van der Waals surface area contributed by atoms with E-state index in [2.05, 4.69) is 15.3 Å². The molecule has 0 spiro atoms. The molecule has 6 heteroatoms. The highest BCUT2D eigenvalue weighted by Gasteiger charge is 2.05. The normalized spacial score (nSPS) is 10.6. The number of nitrogens with zero attached hydrogens (tertiary/aromatic N) is 4. The molecular formula is C11H9N5O. The molecule has 0 unspecified atom stereocenters. The Balaban J connectivity index is 1.98. The summed E-state index contributed by atoms with van der Waals surface area (Å²) >= 11 is 0. The van der Waals surface area contributed by atoms with E-state index in [4.69, 9.17) is 10.5 Å². The number of nitrogens with two attached hydrogens (primary N) is 1. The number of ether oxygens (including phenoxy) is 1. The van der Waals surface area contributed by atoms with Crippen LogP contribution in [-0.2, 0) is 0 Å². The number of hydrogen-bond donors (Lipinski definition) is 1. The van der Waals surface area contributed by atoms with Crippen molar-refractivity contribution in [1.29, 1.82) is 0 Å². The summed E-state index contributed by atoms with van der Waals surface area (Å²) in [6.07, 6.45) is 0. The van der Waals surface area contributed by atoms with Crippen molar-refractivity contribution in [2.75, 3.05) is 5.73 Å². The van der Waals surface area contributed by atoms with Crippen LogP contribution in [0.15, 0.2) is 42.5 Å². The molecule has 1 aromatic carbocycles. The molecular weight excluding hydrogens is 218 g/mol. The van der Waals surface area contributed by atoms with E-state index in [1.165, 1.54) is 4.52 Å². The van der Waals surface area contributed by atoms with E-state index in [1.807, 2.05) is 30.3 Å². The van der Waals surface area contributed by atoms with Crippen molar-refractivity contribution in [3.8, 4) is 11.6 Å². The van der Waals surface area contributed by atoms with E-state index in [0.717, 1.165) is 0 Å². The van der Waals surface area contributed by atoms with Gasteiger partial charge in [0.05, 0.1) is 0 Å². The van der Waals surface area contributed by atoms with Gasteiger partial charge in [-0.25, -0.2) is 0 Å². The lowest BCUT2D eigenvalue weighted by Crippen LogP contribution is -1.99. The Hall–Kier alpha value is -2.63. The Morgan fingerprint density at radius 3 is 2.65 bits per heavy atom. The Morgan fingerprint density at radius 1 is 1.00 bits per heavy atom. The number of fused-ring (bicyclic) bond motifs is 1. The van der Waals surface area contributed by atoms with E-state index in [-0.39, 0.29) is 5.95 Å². The van der Waals surface area contributed by atoms with Gasteiger partial charge in [0.1, 0.15) is 5.75 Å². The molecule has 0 radical (unpaired) electrons. The molecule has 2 heterocycles. The van der Waals surface area contributed by atoms with Crippen molar-refractivity contribution < 1.29 is 4.74 Å². The van der Waals surface area contributed by atoms with E-state index < -0.39 is 0 Å². The standard InChI is InChI=1S/C11H9N5O/c12-11-14-13-9-6-7-10(15-16(9)11)17-8-4-2-1-3-5-8/h1-7H,(H2,12,14). The Bertz CT molecular complexity index is 649. The molecule has 0 aliphatic carbocycles. The van der Waals surface area contributed by atoms with Crippen LogP contribution in [0.5, 0.6) is 11.6 Å². The molecule has 0 aliphatic rings. The van der Waals surface area contributed by atoms with Crippen molar-refractivity contribution in [1.82, 2.24) is 19.8 Å². The zero-order chi connectivity index (χ0) is 11.7. The molecule has 0 aliphatic heterocycles. The van der Waals surface area contributed by atoms with E-state index in [0.29, 0.717) is 17.3 Å². The van der Waals surface area contributed by atoms with Crippen LogP contribution in [0.25, 0.3) is 5.65 Å². The largest absolute Gasteiger partial charge is 0.438 e. The molecule has 0 saturated heterocycles. The third-order valence-corrected chi connectivity index (χ3v) is 2.23. The quantitative estimate of drug-likeness (QED) is 0.717. The summed E-state index contributed by atoms with van der Waals surface area (Å²) in [5, 5.41) is 11.7. The molecule has 0 bridgehead atoms. The van der Waals surface area contributed by atoms with E-state index in [9.17, 15) is 0 Å². The maximum absolute atomic E-state index is 5.61. The molecule has 3 rings (SSSR count). The first-order chi connectivity index (χ1) is 8.33. The van der Waals surface area contributed by atoms with Crippen LogP contribution < -0.4 is 10.5 Å². The van der Waals surface area contributed by atoms with Gasteiger partial charge in [0.2, 0.25) is 11.8 Å². The number of anilines is 1. The van der Waals surface area contributed by atoms with Gasteiger partial charge in [-0.1, -0.05) is 18.2 Å². The Labute approximate surface area is 96.7 Å². The molecule has 2 aromatic heterocycles. The SMILES string of the molecule is Nc1nnc2ccc(Oc3ccccc3)nn12. The number of aromatic nitrogens is 4. The third kappa shape index (κ3) is 1.76. The second-order valence-electron chi connectivity index (χ2n) is 3.41. The maximum Gasteiger partial charge on any atom is 0.243 e. The monoisotopic (exact) mass is 227 g/mol. The van der Waals surface area contributed by atoms with Gasteiger partial charge in [-0.2, -0.15) is 4.52 Å². The summed E-state index contributed by atoms with van der Waals surface area (Å²) in [7, 11) is 0. The Kier molecular flexibility index (Phi) is 2.11. The molecule has 17 heavy (non-hydrogen) atoms. The van der Waals surface area contributed by atoms with Crippen LogP contribution in [0, 0.1) is 0 Å². The average Bonchev–Trinajstić information content (AvgIpc) is 2.73. The van der Waals surface area contributed by atoms with Crippen molar-refractivity contribution in [2.45, 2.75) is 0 Å². The highest BCUT2D eigenvalue weighted by Crippen LogP contribution is 2.18. The first-order valence-corrected chi connectivity index (χ1v) is 5.04. The topological polar surface area (TPSA) is 78.3 Å². The Morgan fingerprint density at radius 2 is 1.82 bits per heavy atom. The molecule has 0 saturated carbocycles. The van der Waals surface area contributed by atoms with Crippen molar-refractivity contribution in [3.63, 3.8) is 0 Å². The van der Waals surface area contributed by atoms with E-state index >= 15 is 0 Å². The van der Waals surface area contributed by atoms with Crippen molar-refractivity contribution in [3.05, 3.63) is 42.5 Å². The van der Waals surface area contributed by atoms with Gasteiger partial charge < -0.3 is 10.5 Å². The van der Waals surface area contributed by atoms with Crippen LogP contribution in [-0.4, -0.2) is 19.8 Å². The summed E-state index contributed by atoms with van der Waals surface area (Å²) in [5.41, 5.74) is 6.20. The molecule has 3 aromatic rings. The fourth-order valence-corrected chi connectivity index (χ4v) is 1.45. The minimum absolute atomic E-state index is 0.235. The predicted molar refractivity (Wildman–Crippen MR) is 61.7 cm³/mol. The summed E-state index contributed by atoms with van der Waals surface area (Å²) in [6, 6.07) is 12.9. The van der Waals surface area contributed by atoms with Crippen molar-refractivity contribution >= 4 is 11.6 Å². The lowest BCUT2D eigenvalue weighted by Gasteiger charge is -2.04. The summed E-state index contributed by atoms with van der Waals surface area (Å²) < 4.78 is 7.00. The molecule has 0 amide bonds. The fraction of sp³-hybridized carbons (Fsp3) is 0. The zero-order valence-electron chi connectivity index (χ0n) is 8.82. The summed E-state index contributed by atoms with van der Waals surface area (Å²) in [6.45, 7) is 0. The zero-order valence-corrected chi connectivity index (χ0v) is 8.82. The van der Waals surface area contributed by atoms with Gasteiger partial charge >= 0.3 is 0 Å². The number of para-hydroxylation sites is 1. The smallest absolute Gasteiger partial charge is 0.243 e. The summed E-state index contributed by atoms with van der Waals surface area (Å²) in [4.78, 5) is 0. The molecule has 2 N–H and O–H groups in total. The second-order valence-corrected chi connectivity index (χ2v) is 3.41. The third-order valence-electron chi connectivity index (χ3n) is 2.23. The predicted octanol–water partition coefficient (Wildman–Crippen LogP) is 1.50. The van der Waals surface area contributed by atoms with E-state index in [1.54, 1.807) is 12.1 Å². The van der Waals surface area contributed by atoms with Crippen molar-refractivity contribution in [2.24, 2.45) is 0 Å². The first-order valence-electron chi connectivity index (χ1n) is 5.04. The molecule has 84 valence electrons. The van der Waals surface area contributed by atoms with Gasteiger partial charge in [-0.3, -0.25) is 0 Å². The van der Waals surface area contributed by atoms with Crippen LogP contribution in [0.1, 0.15) is 0 Å². The molecule has 6 nitrogen and oxygen atoms in total. The molecule has 0 fully saturated rings. The van der Waals surface area contributed by atoms with Crippen LogP contribution >= 0.6 is 0 Å². The number of rotatable bonds is 2. The lowest BCUT2D eigenvalue weighted by molar-refractivity contribution is 0.453. The number of benzene rings is 1. The fourth-order valence-electron chi connectivity index (χ4n) is 1.45. The molecule has 0 atom stereocenters. The maximum atomic E-state index is 5.61. The van der Waals surface area contributed by atoms with Crippen LogP contribution in [0.3, 0.4) is 0 Å². The number of nitrogen functional groups attached to an aromatic ring is 1. The van der Waals surface area contributed by atoms with Gasteiger partial charge in [-0.05, 0) is 18.2 Å². The minimum atomic E-state index is 0.235. The average molecular weight is 227 g/mol. The van der Waals surface area contributed by atoms with Crippen LogP contribution in [0.2, 0.25) is 0 Å². The minimum Gasteiger partial charge on any atom is -0.438 e. The highest BCUT2D eigenvalue weighted by molar-refractivity contribution is 5.42. The van der Waals surface area contributed by atoms with Crippen LogP contribution in [0.4, 0.5) is 5.95 Å². The second kappa shape index (κ2) is 3.75. The van der Waals surface area contributed by atoms with Gasteiger partial charge in [0.25, 0.3) is 0 Å². The van der Waals surface area contributed by atoms with Gasteiger partial charge in [0, 0.05) is 6.07 Å².